The maximum Gasteiger partial charge on any atom is 0.410 e. The Bertz CT molecular complexity index is 643. The van der Waals surface area contributed by atoms with Crippen molar-refractivity contribution in [1.29, 1.82) is 0 Å². The molecule has 0 aliphatic rings. The summed E-state index contributed by atoms with van der Waals surface area (Å²) in [6.07, 6.45) is -3.27. The van der Waals surface area contributed by atoms with E-state index >= 15 is 0 Å². The number of ether oxygens (including phenoxy) is 3. The molecule has 0 bridgehead atoms. The summed E-state index contributed by atoms with van der Waals surface area (Å²) in [5.41, 5.74) is 0. The van der Waals surface area contributed by atoms with Gasteiger partial charge < -0.3 is 34.3 Å². The van der Waals surface area contributed by atoms with Gasteiger partial charge in [0.15, 0.2) is 6.10 Å². The molecule has 0 radical (unpaired) electrons. The fraction of sp³-hybridized carbons (Fsp3) is 0.812. The van der Waals surface area contributed by atoms with Gasteiger partial charge in [0.05, 0.1) is 6.61 Å². The number of alkyl carbamates (subject to hydrolysis) is 1. The second-order valence-corrected chi connectivity index (χ2v) is 6.92. The van der Waals surface area contributed by atoms with Gasteiger partial charge in [-0.15, -0.1) is 20.2 Å². The highest BCUT2D eigenvalue weighted by atomic mass is 17.0. The molecule has 0 aliphatic heterocycles. The second kappa shape index (κ2) is 15.4. The summed E-state index contributed by atoms with van der Waals surface area (Å²) in [5.74, 6) is -2.08. The van der Waals surface area contributed by atoms with Crippen LogP contribution in [0.1, 0.15) is 33.6 Å². The van der Waals surface area contributed by atoms with Gasteiger partial charge in [-0.2, -0.15) is 0 Å². The van der Waals surface area contributed by atoms with E-state index < -0.39 is 60.4 Å². The molecule has 0 aromatic heterocycles. The lowest BCUT2D eigenvalue weighted by molar-refractivity contribution is -0.790. The Morgan fingerprint density at radius 2 is 1.69 bits per heavy atom. The summed E-state index contributed by atoms with van der Waals surface area (Å²) >= 11 is 0. The Hall–Kier alpha value is -3.43. The van der Waals surface area contributed by atoms with Crippen LogP contribution in [0.25, 0.3) is 0 Å². The summed E-state index contributed by atoms with van der Waals surface area (Å²) in [6, 6.07) is 0. The molecule has 1 unspecified atom stereocenters. The fourth-order valence-corrected chi connectivity index (χ4v) is 2.46. The molecule has 1 amide bonds. The van der Waals surface area contributed by atoms with Gasteiger partial charge >= 0.3 is 18.0 Å². The zero-order valence-electron chi connectivity index (χ0n) is 17.8. The van der Waals surface area contributed by atoms with Gasteiger partial charge in [0.1, 0.15) is 13.2 Å². The topological polar surface area (TPSA) is 216 Å². The average molecular weight is 469 g/mol. The minimum absolute atomic E-state index is 0.0527. The van der Waals surface area contributed by atoms with Crippen molar-refractivity contribution in [3.63, 3.8) is 0 Å². The molecule has 0 aliphatic carbocycles. The van der Waals surface area contributed by atoms with Crippen LogP contribution in [0.3, 0.4) is 0 Å². The molecule has 0 saturated heterocycles. The van der Waals surface area contributed by atoms with Crippen molar-refractivity contribution in [2.24, 2.45) is 11.8 Å². The quantitative estimate of drug-likeness (QED) is 0.129. The zero-order chi connectivity index (χ0) is 24.7. The second-order valence-electron chi connectivity index (χ2n) is 6.92. The molecule has 0 saturated carbocycles. The van der Waals surface area contributed by atoms with Gasteiger partial charge in [-0.25, -0.2) is 9.59 Å². The number of carbonyl (C=O) groups is 3. The number of rotatable bonds is 17. The number of esters is 1. The predicted octanol–water partition coefficient (Wildman–Crippen LogP) is 0.541. The van der Waals surface area contributed by atoms with E-state index in [4.69, 9.17) is 19.3 Å². The summed E-state index contributed by atoms with van der Waals surface area (Å²) < 4.78 is 14.4. The van der Waals surface area contributed by atoms with Crippen LogP contribution >= 0.6 is 0 Å². The Balaban J connectivity index is 4.31. The largest absolute Gasteiger partial charge is 0.481 e. The highest BCUT2D eigenvalue weighted by molar-refractivity contribution is 5.71. The summed E-state index contributed by atoms with van der Waals surface area (Å²) in [6.45, 7) is 3.00. The number of aliphatic carboxylic acids is 1. The molecular weight excluding hydrogens is 442 g/mol. The Kier molecular flexibility index (Phi) is 13.7. The third kappa shape index (κ3) is 16.4. The van der Waals surface area contributed by atoms with Crippen molar-refractivity contribution in [2.75, 3.05) is 26.4 Å². The highest BCUT2D eigenvalue weighted by Crippen LogP contribution is 2.14. The maximum atomic E-state index is 11.8. The first-order chi connectivity index (χ1) is 14.9. The molecule has 0 spiro atoms. The molecule has 16 nitrogen and oxygen atoms in total. The van der Waals surface area contributed by atoms with Crippen molar-refractivity contribution >= 4 is 18.0 Å². The van der Waals surface area contributed by atoms with Gasteiger partial charge in [0.25, 0.3) is 10.2 Å². The molecule has 0 aromatic carbocycles. The van der Waals surface area contributed by atoms with E-state index in [0.717, 1.165) is 0 Å². The molecule has 0 aromatic rings. The zero-order valence-corrected chi connectivity index (χ0v) is 17.8. The van der Waals surface area contributed by atoms with Gasteiger partial charge in [0, 0.05) is 19.9 Å². The smallest absolute Gasteiger partial charge is 0.410 e. The number of hydrogen-bond donors (Lipinski definition) is 2. The lowest BCUT2D eigenvalue weighted by Crippen LogP contribution is -2.35. The van der Waals surface area contributed by atoms with Crippen LogP contribution in [0.5, 0.6) is 0 Å². The van der Waals surface area contributed by atoms with Gasteiger partial charge in [-0.1, -0.05) is 13.8 Å². The number of carbonyl (C=O) groups excluding carboxylic acids is 2. The number of carboxylic acids is 1. The number of nitrogens with zero attached hydrogens (tertiary/aromatic N) is 2. The van der Waals surface area contributed by atoms with E-state index in [0.29, 0.717) is 6.42 Å². The van der Waals surface area contributed by atoms with Gasteiger partial charge in [-0.3, -0.25) is 4.79 Å². The van der Waals surface area contributed by atoms with Crippen LogP contribution in [0.4, 0.5) is 4.79 Å². The lowest BCUT2D eigenvalue weighted by Gasteiger charge is -2.19. The van der Waals surface area contributed by atoms with Gasteiger partial charge in [0.2, 0.25) is 6.29 Å². The van der Waals surface area contributed by atoms with E-state index in [9.17, 15) is 34.6 Å². The predicted molar refractivity (Wildman–Crippen MR) is 101 cm³/mol. The van der Waals surface area contributed by atoms with E-state index in [-0.39, 0.29) is 24.8 Å². The van der Waals surface area contributed by atoms with Crippen LogP contribution in [0, 0.1) is 32.1 Å². The standard InChI is InChI=1S/C16H27N3O13/c1-10(2)4-12(5-14(20)21)6-17-16(23)31-11(3)30-15(22)9-28-7-13(32-19(26)27)8-29-18(24)25/h10-13H,4-9H2,1-3H3,(H,17,23)(H,20,21)/t11?,12-,13-/m0/s1. The van der Waals surface area contributed by atoms with Crippen molar-refractivity contribution in [3.8, 4) is 0 Å². The van der Waals surface area contributed by atoms with E-state index in [2.05, 4.69) is 15.0 Å². The Morgan fingerprint density at radius 3 is 2.22 bits per heavy atom. The minimum atomic E-state index is -1.47. The monoisotopic (exact) mass is 469 g/mol. The first-order valence-corrected chi connectivity index (χ1v) is 9.41. The first kappa shape index (κ1) is 28.6. The van der Waals surface area contributed by atoms with Crippen molar-refractivity contribution in [1.82, 2.24) is 5.32 Å². The molecule has 0 heterocycles. The summed E-state index contributed by atoms with van der Waals surface area (Å²) in [4.78, 5) is 62.9. The minimum Gasteiger partial charge on any atom is -0.481 e. The lowest BCUT2D eigenvalue weighted by atomic mass is 9.94. The molecular formula is C16H27N3O13. The normalized spacial score (nSPS) is 13.4. The van der Waals surface area contributed by atoms with Crippen LogP contribution in [0.15, 0.2) is 0 Å². The van der Waals surface area contributed by atoms with E-state index in [1.54, 1.807) is 0 Å². The molecule has 184 valence electrons. The molecule has 16 heteroatoms. The highest BCUT2D eigenvalue weighted by Gasteiger charge is 2.20. The molecule has 0 fully saturated rings. The third-order valence-electron chi connectivity index (χ3n) is 3.50. The van der Waals surface area contributed by atoms with E-state index in [1.807, 2.05) is 13.8 Å². The van der Waals surface area contributed by atoms with Crippen molar-refractivity contribution in [3.05, 3.63) is 20.2 Å². The Morgan fingerprint density at radius 1 is 1.03 bits per heavy atom. The van der Waals surface area contributed by atoms with Crippen LogP contribution in [-0.4, -0.2) is 72.1 Å². The fourth-order valence-electron chi connectivity index (χ4n) is 2.46. The number of nitrogens with one attached hydrogen (secondary N) is 1. The summed E-state index contributed by atoms with van der Waals surface area (Å²) in [5, 5.41) is 29.4. The number of carboxylic acid groups (broad SMARTS) is 1. The average Bonchev–Trinajstić information content (AvgIpc) is 2.62. The number of hydrogen-bond acceptors (Lipinski definition) is 12. The van der Waals surface area contributed by atoms with Gasteiger partial charge in [-0.05, 0) is 18.3 Å². The van der Waals surface area contributed by atoms with Crippen LogP contribution in [-0.2, 0) is 33.5 Å². The summed E-state index contributed by atoms with van der Waals surface area (Å²) in [7, 11) is 0. The van der Waals surface area contributed by atoms with Crippen LogP contribution < -0.4 is 5.32 Å². The molecule has 2 N–H and O–H groups in total. The first-order valence-electron chi connectivity index (χ1n) is 9.41. The number of amides is 1. The van der Waals surface area contributed by atoms with E-state index in [1.165, 1.54) is 6.92 Å². The third-order valence-corrected chi connectivity index (χ3v) is 3.50. The van der Waals surface area contributed by atoms with Crippen molar-refractivity contribution < 1.29 is 53.5 Å². The van der Waals surface area contributed by atoms with Crippen LogP contribution in [0.2, 0.25) is 0 Å². The van der Waals surface area contributed by atoms with Crippen molar-refractivity contribution in [2.45, 2.75) is 46.0 Å². The molecule has 0 rings (SSSR count). The molecule has 3 atom stereocenters. The Labute approximate surface area is 182 Å². The maximum absolute atomic E-state index is 11.8. The SMILES string of the molecule is CC(C)C[C@H](CNC(=O)OC(C)OC(=O)COC[C@@H](CO[N+](=O)[O-])O[N+](=O)[O-])CC(=O)O. The molecule has 32 heavy (non-hydrogen) atoms.